The largest absolute Gasteiger partial charge is 0.502 e. The Morgan fingerprint density at radius 3 is 2.71 bits per heavy atom. The molecule has 0 atom stereocenters. The van der Waals surface area contributed by atoms with Gasteiger partial charge in [-0.25, -0.2) is 0 Å². The normalized spacial score (nSPS) is 16.3. The van der Waals surface area contributed by atoms with E-state index in [1.165, 1.54) is 12.1 Å². The van der Waals surface area contributed by atoms with E-state index in [0.717, 1.165) is 18.9 Å². The van der Waals surface area contributed by atoms with E-state index in [1.807, 2.05) is 6.92 Å². The van der Waals surface area contributed by atoms with Crippen molar-refractivity contribution in [2.24, 2.45) is 0 Å². The number of carbonyl (C=O) groups is 1. The topological polar surface area (TPSA) is 92.5 Å². The Labute approximate surface area is 97.4 Å². The minimum absolute atomic E-state index is 0.0627. The lowest BCUT2D eigenvalue weighted by Crippen LogP contribution is -2.34. The van der Waals surface area contributed by atoms with Crippen LogP contribution in [0.3, 0.4) is 0 Å². The summed E-state index contributed by atoms with van der Waals surface area (Å²) in [4.78, 5) is 21.7. The van der Waals surface area contributed by atoms with Crippen LogP contribution in [0.4, 0.5) is 5.69 Å². The Morgan fingerprint density at radius 1 is 1.53 bits per heavy atom. The number of aromatic hydroxyl groups is 1. The minimum atomic E-state index is -0.717. The first-order valence-electron chi connectivity index (χ1n) is 5.22. The second-order valence-corrected chi connectivity index (χ2v) is 4.45. The molecule has 0 heterocycles. The second kappa shape index (κ2) is 3.73. The summed E-state index contributed by atoms with van der Waals surface area (Å²) < 4.78 is 0. The van der Waals surface area contributed by atoms with Crippen LogP contribution < -0.4 is 5.32 Å². The highest BCUT2D eigenvalue weighted by Gasteiger charge is 2.39. The summed E-state index contributed by atoms with van der Waals surface area (Å²) in [6.45, 7) is 1.89. The molecule has 0 aliphatic heterocycles. The second-order valence-electron chi connectivity index (χ2n) is 4.45. The number of para-hydroxylation sites is 1. The first-order valence-corrected chi connectivity index (χ1v) is 5.22. The molecule has 0 unspecified atom stereocenters. The molecule has 2 rings (SSSR count). The molecule has 1 saturated carbocycles. The quantitative estimate of drug-likeness (QED) is 0.615. The molecule has 1 aromatic carbocycles. The van der Waals surface area contributed by atoms with Gasteiger partial charge in [-0.2, -0.15) is 0 Å². The average molecular weight is 236 g/mol. The summed E-state index contributed by atoms with van der Waals surface area (Å²) in [7, 11) is 0. The fourth-order valence-corrected chi connectivity index (χ4v) is 1.52. The Morgan fingerprint density at radius 2 is 2.18 bits per heavy atom. The summed E-state index contributed by atoms with van der Waals surface area (Å²) in [6, 6.07) is 3.90. The molecular formula is C11H12N2O4. The first kappa shape index (κ1) is 11.4. The Hall–Kier alpha value is -2.11. The number of phenolic OH excluding ortho intramolecular Hbond substituents is 1. The highest BCUT2D eigenvalue weighted by atomic mass is 16.6. The van der Waals surface area contributed by atoms with Crippen LogP contribution in [-0.4, -0.2) is 21.5 Å². The molecule has 0 spiro atoms. The molecule has 0 saturated heterocycles. The molecule has 1 aromatic rings. The van der Waals surface area contributed by atoms with Crippen LogP contribution in [0.15, 0.2) is 18.2 Å². The van der Waals surface area contributed by atoms with Gasteiger partial charge in [0, 0.05) is 11.6 Å². The molecule has 1 aliphatic rings. The van der Waals surface area contributed by atoms with Gasteiger partial charge in [0.05, 0.1) is 10.5 Å². The first-order chi connectivity index (χ1) is 7.93. The zero-order chi connectivity index (χ0) is 12.6. The van der Waals surface area contributed by atoms with Gasteiger partial charge in [0.15, 0.2) is 0 Å². The zero-order valence-corrected chi connectivity index (χ0v) is 9.27. The van der Waals surface area contributed by atoms with Crippen molar-refractivity contribution in [3.8, 4) is 5.75 Å². The Kier molecular flexibility index (Phi) is 2.49. The molecule has 6 heteroatoms. The van der Waals surface area contributed by atoms with Gasteiger partial charge >= 0.3 is 5.69 Å². The van der Waals surface area contributed by atoms with Crippen LogP contribution in [0, 0.1) is 10.1 Å². The average Bonchev–Trinajstić information content (AvgIpc) is 2.95. The fourth-order valence-electron chi connectivity index (χ4n) is 1.52. The van der Waals surface area contributed by atoms with Gasteiger partial charge in [0.1, 0.15) is 0 Å². The lowest BCUT2D eigenvalue weighted by Gasteiger charge is -2.11. The highest BCUT2D eigenvalue weighted by molar-refractivity contribution is 5.98. The number of nitro benzene ring substituents is 1. The van der Waals surface area contributed by atoms with Crippen LogP contribution in [0.2, 0.25) is 0 Å². The predicted octanol–water partition coefficient (Wildman–Crippen LogP) is 1.58. The predicted molar refractivity (Wildman–Crippen MR) is 59.9 cm³/mol. The zero-order valence-electron chi connectivity index (χ0n) is 9.27. The Balaban J connectivity index is 2.29. The van der Waals surface area contributed by atoms with Crippen LogP contribution in [0.5, 0.6) is 5.75 Å². The van der Waals surface area contributed by atoms with Crippen LogP contribution in [0.25, 0.3) is 0 Å². The van der Waals surface area contributed by atoms with E-state index in [4.69, 9.17) is 0 Å². The lowest BCUT2D eigenvalue weighted by molar-refractivity contribution is -0.385. The van der Waals surface area contributed by atoms with Gasteiger partial charge in [0.25, 0.3) is 5.91 Å². The number of rotatable bonds is 3. The third kappa shape index (κ3) is 2.20. The number of benzene rings is 1. The summed E-state index contributed by atoms with van der Waals surface area (Å²) >= 11 is 0. The third-order valence-electron chi connectivity index (χ3n) is 2.87. The molecule has 0 aromatic heterocycles. The number of nitrogens with one attached hydrogen (secondary N) is 1. The molecule has 1 fully saturated rings. The minimum Gasteiger partial charge on any atom is -0.502 e. The van der Waals surface area contributed by atoms with E-state index in [9.17, 15) is 20.0 Å². The maximum absolute atomic E-state index is 11.8. The highest BCUT2D eigenvalue weighted by Crippen LogP contribution is 2.36. The lowest BCUT2D eigenvalue weighted by atomic mass is 10.1. The maximum atomic E-state index is 11.8. The number of amides is 1. The summed E-state index contributed by atoms with van der Waals surface area (Å²) in [5, 5.41) is 23.0. The summed E-state index contributed by atoms with van der Waals surface area (Å²) in [6.07, 6.45) is 1.77. The number of nitrogens with zero attached hydrogens (tertiary/aromatic N) is 1. The number of hydrogen-bond donors (Lipinski definition) is 2. The van der Waals surface area contributed by atoms with Crippen molar-refractivity contribution >= 4 is 11.6 Å². The number of carbonyl (C=O) groups excluding carboxylic acids is 1. The van der Waals surface area contributed by atoms with Crippen molar-refractivity contribution in [2.45, 2.75) is 25.3 Å². The monoisotopic (exact) mass is 236 g/mol. The molecule has 0 radical (unpaired) electrons. The molecular weight excluding hydrogens is 224 g/mol. The van der Waals surface area contributed by atoms with Crippen molar-refractivity contribution in [3.05, 3.63) is 33.9 Å². The summed E-state index contributed by atoms with van der Waals surface area (Å²) in [5.41, 5.74) is -0.750. The van der Waals surface area contributed by atoms with E-state index in [0.29, 0.717) is 0 Å². The molecule has 2 N–H and O–H groups in total. The van der Waals surface area contributed by atoms with E-state index < -0.39 is 22.3 Å². The van der Waals surface area contributed by atoms with Crippen molar-refractivity contribution in [3.63, 3.8) is 0 Å². The number of phenols is 1. The molecule has 6 nitrogen and oxygen atoms in total. The van der Waals surface area contributed by atoms with Gasteiger partial charge in [-0.1, -0.05) is 6.07 Å². The SMILES string of the molecule is CC1(NC(=O)c2cccc([N+](=O)[O-])c2O)CC1. The van der Waals surface area contributed by atoms with Gasteiger partial charge in [-0.05, 0) is 25.8 Å². The van der Waals surface area contributed by atoms with Crippen molar-refractivity contribution in [1.29, 1.82) is 0 Å². The van der Waals surface area contributed by atoms with E-state index in [1.54, 1.807) is 0 Å². The van der Waals surface area contributed by atoms with Crippen LogP contribution >= 0.6 is 0 Å². The summed E-state index contributed by atoms with van der Waals surface area (Å²) in [5.74, 6) is -1.06. The van der Waals surface area contributed by atoms with Gasteiger partial charge in [-0.3, -0.25) is 14.9 Å². The molecule has 1 aliphatic carbocycles. The van der Waals surface area contributed by atoms with E-state index in [2.05, 4.69) is 5.32 Å². The number of hydrogen-bond acceptors (Lipinski definition) is 4. The smallest absolute Gasteiger partial charge is 0.311 e. The molecule has 17 heavy (non-hydrogen) atoms. The standard InChI is InChI=1S/C11H12N2O4/c1-11(5-6-11)12-10(15)7-3-2-4-8(9(7)14)13(16)17/h2-4,14H,5-6H2,1H3,(H,12,15). The third-order valence-corrected chi connectivity index (χ3v) is 2.87. The van der Waals surface area contributed by atoms with Gasteiger partial charge in [-0.15, -0.1) is 0 Å². The Bertz CT molecular complexity index is 494. The molecule has 1 amide bonds. The van der Waals surface area contributed by atoms with Crippen molar-refractivity contribution < 1.29 is 14.8 Å². The van der Waals surface area contributed by atoms with E-state index in [-0.39, 0.29) is 11.1 Å². The molecule has 0 bridgehead atoms. The van der Waals surface area contributed by atoms with Crippen molar-refractivity contribution in [2.75, 3.05) is 0 Å². The van der Waals surface area contributed by atoms with Gasteiger partial charge in [0.2, 0.25) is 5.75 Å². The van der Waals surface area contributed by atoms with Gasteiger partial charge < -0.3 is 10.4 Å². The van der Waals surface area contributed by atoms with Crippen LogP contribution in [0.1, 0.15) is 30.1 Å². The number of nitro groups is 1. The van der Waals surface area contributed by atoms with Crippen LogP contribution in [-0.2, 0) is 0 Å². The fraction of sp³-hybridized carbons (Fsp3) is 0.364. The molecule has 90 valence electrons. The maximum Gasteiger partial charge on any atom is 0.311 e. The van der Waals surface area contributed by atoms with Crippen molar-refractivity contribution in [1.82, 2.24) is 5.32 Å². The van der Waals surface area contributed by atoms with E-state index >= 15 is 0 Å².